The number of aromatic nitrogens is 2. The molecule has 0 bridgehead atoms. The summed E-state index contributed by atoms with van der Waals surface area (Å²) in [4.78, 5) is 0. The highest BCUT2D eigenvalue weighted by Gasteiger charge is 2.16. The monoisotopic (exact) mass is 337 g/mol. The summed E-state index contributed by atoms with van der Waals surface area (Å²) in [7, 11) is 1.92. The van der Waals surface area contributed by atoms with Gasteiger partial charge in [0.25, 0.3) is 0 Å². The molecule has 0 atom stereocenters. The van der Waals surface area contributed by atoms with Crippen LogP contribution in [0.15, 0.2) is 29.0 Å². The predicted octanol–water partition coefficient (Wildman–Crippen LogP) is 2.24. The first-order chi connectivity index (χ1) is 9.72. The van der Waals surface area contributed by atoms with E-state index < -0.39 is 0 Å². The predicted molar refractivity (Wildman–Crippen MR) is 78.9 cm³/mol. The van der Waals surface area contributed by atoms with Crippen molar-refractivity contribution in [2.75, 3.05) is 13.2 Å². The molecule has 0 radical (unpaired) electrons. The minimum absolute atomic E-state index is 0.601. The summed E-state index contributed by atoms with van der Waals surface area (Å²) in [5, 5.41) is 7.54. The van der Waals surface area contributed by atoms with Gasteiger partial charge in [-0.2, -0.15) is 5.10 Å². The molecular formula is C14H16BrN3O2. The van der Waals surface area contributed by atoms with Gasteiger partial charge < -0.3 is 14.8 Å². The molecule has 1 aliphatic rings. The lowest BCUT2D eigenvalue weighted by molar-refractivity contribution is 0.170. The van der Waals surface area contributed by atoms with Crippen LogP contribution in [-0.4, -0.2) is 23.0 Å². The fraction of sp³-hybridized carbons (Fsp3) is 0.357. The minimum Gasteiger partial charge on any atom is -0.486 e. The molecule has 0 saturated heterocycles. The molecule has 20 heavy (non-hydrogen) atoms. The third-order valence-electron chi connectivity index (χ3n) is 3.07. The molecule has 2 aromatic rings. The van der Waals surface area contributed by atoms with Gasteiger partial charge in [-0.05, 0) is 33.6 Å². The van der Waals surface area contributed by atoms with E-state index in [1.54, 1.807) is 4.68 Å². The molecule has 106 valence electrons. The van der Waals surface area contributed by atoms with Crippen LogP contribution in [-0.2, 0) is 20.1 Å². The number of hydrogen-bond acceptors (Lipinski definition) is 4. The van der Waals surface area contributed by atoms with E-state index in [1.165, 1.54) is 5.56 Å². The Kier molecular flexibility index (Phi) is 3.93. The van der Waals surface area contributed by atoms with Crippen LogP contribution >= 0.6 is 15.9 Å². The smallest absolute Gasteiger partial charge is 0.175 e. The van der Waals surface area contributed by atoms with Crippen molar-refractivity contribution in [2.45, 2.75) is 13.1 Å². The largest absolute Gasteiger partial charge is 0.486 e. The summed E-state index contributed by atoms with van der Waals surface area (Å²) in [5.74, 6) is 1.61. The fourth-order valence-corrected chi connectivity index (χ4v) is 2.78. The Morgan fingerprint density at radius 3 is 2.85 bits per heavy atom. The van der Waals surface area contributed by atoms with Gasteiger partial charge in [-0.25, -0.2) is 0 Å². The van der Waals surface area contributed by atoms with Gasteiger partial charge >= 0.3 is 0 Å². The first-order valence-corrected chi connectivity index (χ1v) is 7.28. The van der Waals surface area contributed by atoms with Crippen molar-refractivity contribution in [3.05, 3.63) is 40.1 Å². The maximum atomic E-state index is 5.62. The molecule has 0 aliphatic carbocycles. The van der Waals surface area contributed by atoms with Gasteiger partial charge in [0.15, 0.2) is 11.5 Å². The Hall–Kier alpha value is -1.53. The lowest BCUT2D eigenvalue weighted by Crippen LogP contribution is -2.17. The van der Waals surface area contributed by atoms with E-state index in [2.05, 4.69) is 32.4 Å². The molecule has 0 unspecified atom stereocenters. The molecule has 1 aliphatic heterocycles. The van der Waals surface area contributed by atoms with Crippen LogP contribution < -0.4 is 14.8 Å². The zero-order chi connectivity index (χ0) is 13.9. The van der Waals surface area contributed by atoms with Gasteiger partial charge in [0, 0.05) is 31.9 Å². The minimum atomic E-state index is 0.601. The highest BCUT2D eigenvalue weighted by atomic mass is 79.9. The number of halogens is 1. The number of ether oxygens (including phenoxy) is 2. The molecule has 0 amide bonds. The summed E-state index contributed by atoms with van der Waals surface area (Å²) in [6.07, 6.45) is 3.87. The standard InChI is InChI=1S/C14H16BrN3O2/c1-18-9-11(8-17-18)7-16-6-10-4-12(15)14-13(5-10)19-2-3-20-14/h4-5,8-9,16H,2-3,6-7H2,1H3. The highest BCUT2D eigenvalue weighted by molar-refractivity contribution is 9.10. The average molecular weight is 338 g/mol. The number of rotatable bonds is 4. The van der Waals surface area contributed by atoms with Crippen molar-refractivity contribution in [1.82, 2.24) is 15.1 Å². The Bertz CT molecular complexity index is 612. The van der Waals surface area contributed by atoms with Crippen LogP contribution in [0, 0.1) is 0 Å². The van der Waals surface area contributed by atoms with E-state index in [0.29, 0.717) is 13.2 Å². The normalized spacial score (nSPS) is 13.5. The van der Waals surface area contributed by atoms with E-state index in [0.717, 1.165) is 34.6 Å². The lowest BCUT2D eigenvalue weighted by atomic mass is 10.2. The summed E-state index contributed by atoms with van der Waals surface area (Å²) in [5.41, 5.74) is 2.33. The van der Waals surface area contributed by atoms with Crippen LogP contribution in [0.2, 0.25) is 0 Å². The van der Waals surface area contributed by atoms with E-state index >= 15 is 0 Å². The van der Waals surface area contributed by atoms with Crippen LogP contribution in [0.25, 0.3) is 0 Å². The van der Waals surface area contributed by atoms with E-state index in [9.17, 15) is 0 Å². The molecule has 3 rings (SSSR count). The third kappa shape index (κ3) is 2.96. The van der Waals surface area contributed by atoms with E-state index in [-0.39, 0.29) is 0 Å². The molecule has 0 saturated carbocycles. The Balaban J connectivity index is 1.64. The van der Waals surface area contributed by atoms with Gasteiger partial charge in [-0.15, -0.1) is 0 Å². The first-order valence-electron chi connectivity index (χ1n) is 6.48. The van der Waals surface area contributed by atoms with Crippen LogP contribution in [0.5, 0.6) is 11.5 Å². The number of aryl methyl sites for hydroxylation is 1. The molecule has 5 nitrogen and oxygen atoms in total. The van der Waals surface area contributed by atoms with Crippen molar-refractivity contribution in [2.24, 2.45) is 7.05 Å². The number of nitrogens with one attached hydrogen (secondary N) is 1. The second kappa shape index (κ2) is 5.85. The quantitative estimate of drug-likeness (QED) is 0.929. The molecular weight excluding hydrogens is 322 g/mol. The molecule has 1 aromatic heterocycles. The lowest BCUT2D eigenvalue weighted by Gasteiger charge is -2.20. The second-order valence-corrected chi connectivity index (χ2v) is 5.58. The third-order valence-corrected chi connectivity index (χ3v) is 3.66. The topological polar surface area (TPSA) is 48.3 Å². The zero-order valence-corrected chi connectivity index (χ0v) is 12.8. The zero-order valence-electron chi connectivity index (χ0n) is 11.2. The summed E-state index contributed by atoms with van der Waals surface area (Å²) >= 11 is 3.53. The van der Waals surface area contributed by atoms with Gasteiger partial charge in [0.05, 0.1) is 10.7 Å². The second-order valence-electron chi connectivity index (χ2n) is 4.73. The van der Waals surface area contributed by atoms with Crippen molar-refractivity contribution in [1.29, 1.82) is 0 Å². The summed E-state index contributed by atoms with van der Waals surface area (Å²) in [6, 6.07) is 4.08. The number of hydrogen-bond donors (Lipinski definition) is 1. The van der Waals surface area contributed by atoms with Gasteiger partial charge in [-0.1, -0.05) is 0 Å². The number of benzene rings is 1. The van der Waals surface area contributed by atoms with Crippen molar-refractivity contribution < 1.29 is 9.47 Å². The molecule has 0 fully saturated rings. The molecule has 1 aromatic carbocycles. The maximum Gasteiger partial charge on any atom is 0.175 e. The Labute approximate surface area is 126 Å². The van der Waals surface area contributed by atoms with Crippen molar-refractivity contribution >= 4 is 15.9 Å². The van der Waals surface area contributed by atoms with E-state index in [1.807, 2.05) is 25.5 Å². The van der Waals surface area contributed by atoms with E-state index in [4.69, 9.17) is 9.47 Å². The molecule has 6 heteroatoms. The average Bonchev–Trinajstić information content (AvgIpc) is 2.85. The van der Waals surface area contributed by atoms with Crippen molar-refractivity contribution in [3.63, 3.8) is 0 Å². The van der Waals surface area contributed by atoms with Gasteiger partial charge in [0.1, 0.15) is 13.2 Å². The first kappa shape index (κ1) is 13.5. The maximum absolute atomic E-state index is 5.62. The Morgan fingerprint density at radius 2 is 2.05 bits per heavy atom. The van der Waals surface area contributed by atoms with Gasteiger partial charge in [0.2, 0.25) is 0 Å². The number of fused-ring (bicyclic) bond motifs is 1. The molecule has 1 N–H and O–H groups in total. The van der Waals surface area contributed by atoms with Crippen molar-refractivity contribution in [3.8, 4) is 11.5 Å². The number of nitrogens with zero attached hydrogens (tertiary/aromatic N) is 2. The highest BCUT2D eigenvalue weighted by Crippen LogP contribution is 2.38. The van der Waals surface area contributed by atoms with Crippen LogP contribution in [0.1, 0.15) is 11.1 Å². The van der Waals surface area contributed by atoms with Crippen LogP contribution in [0.4, 0.5) is 0 Å². The van der Waals surface area contributed by atoms with Crippen LogP contribution in [0.3, 0.4) is 0 Å². The summed E-state index contributed by atoms with van der Waals surface area (Å²) < 4.78 is 13.9. The SMILES string of the molecule is Cn1cc(CNCc2cc(Br)c3c(c2)OCCO3)cn1. The Morgan fingerprint density at radius 1 is 1.25 bits per heavy atom. The van der Waals surface area contributed by atoms with Gasteiger partial charge in [-0.3, -0.25) is 4.68 Å². The summed E-state index contributed by atoms with van der Waals surface area (Å²) in [6.45, 7) is 2.76. The fourth-order valence-electron chi connectivity index (χ4n) is 2.18. The molecule has 0 spiro atoms. The molecule has 2 heterocycles.